The second-order valence-electron chi connectivity index (χ2n) is 8.41. The topological polar surface area (TPSA) is 79.7 Å². The van der Waals surface area contributed by atoms with Crippen molar-refractivity contribution in [2.24, 2.45) is 0 Å². The average molecular weight is 450 g/mol. The smallest absolute Gasteiger partial charge is 0.262 e. The molecule has 1 saturated heterocycles. The van der Waals surface area contributed by atoms with Crippen molar-refractivity contribution in [1.82, 2.24) is 19.4 Å². The molecule has 0 radical (unpaired) electrons. The number of rotatable bonds is 7. The zero-order valence-electron chi connectivity index (χ0n) is 19.5. The summed E-state index contributed by atoms with van der Waals surface area (Å²) in [6.45, 7) is 10.4. The number of ether oxygens (including phenoxy) is 1. The summed E-state index contributed by atoms with van der Waals surface area (Å²) in [6, 6.07) is 13.4. The van der Waals surface area contributed by atoms with Gasteiger partial charge < -0.3 is 19.5 Å². The third kappa shape index (κ3) is 5.51. The SMILES string of the molecule is CCn1c(CN2CCN(C(C)=O)CC2)nc2cc(NC(=O)COc3cccc(C)c3)ccc21. The van der Waals surface area contributed by atoms with Crippen LogP contribution in [0.25, 0.3) is 11.0 Å². The van der Waals surface area contributed by atoms with Crippen LogP contribution in [-0.4, -0.2) is 64.0 Å². The third-order valence-corrected chi connectivity index (χ3v) is 5.97. The van der Waals surface area contributed by atoms with E-state index in [9.17, 15) is 9.59 Å². The van der Waals surface area contributed by atoms with Crippen LogP contribution >= 0.6 is 0 Å². The van der Waals surface area contributed by atoms with Gasteiger partial charge >= 0.3 is 0 Å². The second-order valence-corrected chi connectivity index (χ2v) is 8.41. The van der Waals surface area contributed by atoms with Crippen LogP contribution in [0.5, 0.6) is 5.75 Å². The number of carbonyl (C=O) groups is 2. The highest BCUT2D eigenvalue weighted by Gasteiger charge is 2.21. The van der Waals surface area contributed by atoms with Crippen LogP contribution in [0.15, 0.2) is 42.5 Å². The molecule has 33 heavy (non-hydrogen) atoms. The zero-order chi connectivity index (χ0) is 23.4. The largest absolute Gasteiger partial charge is 0.484 e. The van der Waals surface area contributed by atoms with Gasteiger partial charge in [-0.15, -0.1) is 0 Å². The lowest BCUT2D eigenvalue weighted by molar-refractivity contribution is -0.130. The number of hydrogen-bond donors (Lipinski definition) is 1. The van der Waals surface area contributed by atoms with E-state index in [0.29, 0.717) is 11.4 Å². The number of anilines is 1. The molecule has 0 aliphatic carbocycles. The molecular formula is C25H31N5O3. The summed E-state index contributed by atoms with van der Waals surface area (Å²) >= 11 is 0. The van der Waals surface area contributed by atoms with Crippen LogP contribution in [0.4, 0.5) is 5.69 Å². The van der Waals surface area contributed by atoms with Gasteiger partial charge in [-0.25, -0.2) is 4.98 Å². The van der Waals surface area contributed by atoms with Crippen molar-refractivity contribution >= 4 is 28.5 Å². The predicted molar refractivity (Wildman–Crippen MR) is 128 cm³/mol. The van der Waals surface area contributed by atoms with Crippen LogP contribution < -0.4 is 10.1 Å². The van der Waals surface area contributed by atoms with Gasteiger partial charge in [0.25, 0.3) is 5.91 Å². The maximum absolute atomic E-state index is 12.4. The fourth-order valence-electron chi connectivity index (χ4n) is 4.20. The summed E-state index contributed by atoms with van der Waals surface area (Å²) < 4.78 is 7.80. The highest BCUT2D eigenvalue weighted by atomic mass is 16.5. The minimum Gasteiger partial charge on any atom is -0.484 e. The van der Waals surface area contributed by atoms with Crippen molar-refractivity contribution < 1.29 is 14.3 Å². The molecule has 4 rings (SSSR count). The standard InChI is InChI=1S/C25H31N5O3/c1-4-30-23-9-8-20(26-25(32)17-33-21-7-5-6-18(2)14-21)15-22(23)27-24(30)16-28-10-12-29(13-11-28)19(3)31/h5-9,14-15H,4,10-13,16-17H2,1-3H3,(H,26,32). The summed E-state index contributed by atoms with van der Waals surface area (Å²) in [4.78, 5) is 33.0. The first-order valence-corrected chi connectivity index (χ1v) is 11.4. The van der Waals surface area contributed by atoms with Gasteiger partial charge in [-0.1, -0.05) is 12.1 Å². The number of piperazine rings is 1. The van der Waals surface area contributed by atoms with Crippen molar-refractivity contribution in [3.8, 4) is 5.75 Å². The zero-order valence-corrected chi connectivity index (χ0v) is 19.5. The lowest BCUT2D eigenvalue weighted by Gasteiger charge is -2.33. The van der Waals surface area contributed by atoms with E-state index in [2.05, 4.69) is 21.7 Å². The molecule has 0 saturated carbocycles. The molecule has 1 fully saturated rings. The summed E-state index contributed by atoms with van der Waals surface area (Å²) in [5.41, 5.74) is 3.68. The Morgan fingerprint density at radius 3 is 2.58 bits per heavy atom. The summed E-state index contributed by atoms with van der Waals surface area (Å²) in [6.07, 6.45) is 0. The number of amides is 2. The number of benzene rings is 2. The Bertz CT molecular complexity index is 1150. The van der Waals surface area contributed by atoms with Gasteiger partial charge in [-0.3, -0.25) is 14.5 Å². The Morgan fingerprint density at radius 1 is 1.09 bits per heavy atom. The quantitative estimate of drug-likeness (QED) is 0.600. The number of imidazole rings is 1. The van der Waals surface area contributed by atoms with Crippen molar-refractivity contribution in [2.75, 3.05) is 38.1 Å². The predicted octanol–water partition coefficient (Wildman–Crippen LogP) is 3.05. The summed E-state index contributed by atoms with van der Waals surface area (Å²) in [5.74, 6) is 1.59. The van der Waals surface area contributed by atoms with Crippen molar-refractivity contribution in [2.45, 2.75) is 33.9 Å². The molecule has 2 heterocycles. The van der Waals surface area contributed by atoms with E-state index in [0.717, 1.165) is 61.7 Å². The molecule has 174 valence electrons. The molecule has 0 unspecified atom stereocenters. The van der Waals surface area contributed by atoms with E-state index in [-0.39, 0.29) is 18.4 Å². The molecule has 0 bridgehead atoms. The Morgan fingerprint density at radius 2 is 1.88 bits per heavy atom. The van der Waals surface area contributed by atoms with Crippen molar-refractivity contribution in [3.63, 3.8) is 0 Å². The molecule has 2 aromatic carbocycles. The summed E-state index contributed by atoms with van der Waals surface area (Å²) in [7, 11) is 0. The van der Waals surface area contributed by atoms with Crippen LogP contribution in [0.1, 0.15) is 25.2 Å². The fourth-order valence-corrected chi connectivity index (χ4v) is 4.20. The lowest BCUT2D eigenvalue weighted by Crippen LogP contribution is -2.47. The van der Waals surface area contributed by atoms with Gasteiger partial charge in [0, 0.05) is 45.3 Å². The van der Waals surface area contributed by atoms with E-state index in [1.165, 1.54) is 0 Å². The number of fused-ring (bicyclic) bond motifs is 1. The molecule has 3 aromatic rings. The van der Waals surface area contributed by atoms with Gasteiger partial charge in [0.1, 0.15) is 11.6 Å². The molecule has 2 amide bonds. The first-order chi connectivity index (χ1) is 15.9. The minimum absolute atomic E-state index is 0.0532. The Labute approximate surface area is 194 Å². The number of aryl methyl sites for hydroxylation is 2. The highest BCUT2D eigenvalue weighted by Crippen LogP contribution is 2.22. The first kappa shape index (κ1) is 22.8. The van der Waals surface area contributed by atoms with Crippen LogP contribution in [0.2, 0.25) is 0 Å². The molecule has 0 spiro atoms. The normalized spacial score (nSPS) is 14.5. The average Bonchev–Trinajstić information content (AvgIpc) is 3.14. The van der Waals surface area contributed by atoms with Gasteiger partial charge in [0.15, 0.2) is 6.61 Å². The molecule has 8 nitrogen and oxygen atoms in total. The van der Waals surface area contributed by atoms with Crippen LogP contribution in [0, 0.1) is 6.92 Å². The van der Waals surface area contributed by atoms with Gasteiger partial charge in [0.2, 0.25) is 5.91 Å². The first-order valence-electron chi connectivity index (χ1n) is 11.4. The molecule has 1 N–H and O–H groups in total. The summed E-state index contributed by atoms with van der Waals surface area (Å²) in [5, 5.41) is 2.90. The van der Waals surface area contributed by atoms with Gasteiger partial charge in [0.05, 0.1) is 17.6 Å². The number of aromatic nitrogens is 2. The third-order valence-electron chi connectivity index (χ3n) is 5.97. The van der Waals surface area contributed by atoms with Crippen LogP contribution in [-0.2, 0) is 22.7 Å². The maximum atomic E-state index is 12.4. The molecule has 8 heteroatoms. The molecule has 1 aromatic heterocycles. The number of carbonyl (C=O) groups excluding carboxylic acids is 2. The number of nitrogens with one attached hydrogen (secondary N) is 1. The van der Waals surface area contributed by atoms with E-state index >= 15 is 0 Å². The molecular weight excluding hydrogens is 418 g/mol. The monoisotopic (exact) mass is 449 g/mol. The molecule has 1 aliphatic rings. The minimum atomic E-state index is -0.214. The van der Waals surface area contributed by atoms with E-state index in [1.54, 1.807) is 6.92 Å². The molecule has 0 atom stereocenters. The number of nitrogens with zero attached hydrogens (tertiary/aromatic N) is 4. The lowest BCUT2D eigenvalue weighted by atomic mass is 10.2. The van der Waals surface area contributed by atoms with E-state index < -0.39 is 0 Å². The molecule has 1 aliphatic heterocycles. The Balaban J connectivity index is 1.41. The second kappa shape index (κ2) is 10.0. The van der Waals surface area contributed by atoms with Gasteiger partial charge in [-0.05, 0) is 49.7 Å². The number of hydrogen-bond acceptors (Lipinski definition) is 5. The highest BCUT2D eigenvalue weighted by molar-refractivity contribution is 5.94. The Hall–Kier alpha value is -3.39. The van der Waals surface area contributed by atoms with Crippen molar-refractivity contribution in [1.29, 1.82) is 0 Å². The fraction of sp³-hybridized carbons (Fsp3) is 0.400. The van der Waals surface area contributed by atoms with Crippen LogP contribution in [0.3, 0.4) is 0 Å². The maximum Gasteiger partial charge on any atom is 0.262 e. The van der Waals surface area contributed by atoms with E-state index in [4.69, 9.17) is 9.72 Å². The van der Waals surface area contributed by atoms with E-state index in [1.807, 2.05) is 54.3 Å². The van der Waals surface area contributed by atoms with Gasteiger partial charge in [-0.2, -0.15) is 0 Å². The van der Waals surface area contributed by atoms with Crippen molar-refractivity contribution in [3.05, 3.63) is 53.9 Å². The Kier molecular flexibility index (Phi) is 6.93.